The zero-order chi connectivity index (χ0) is 19.5. The minimum absolute atomic E-state index is 0.202. The Bertz CT molecular complexity index is 991. The van der Waals surface area contributed by atoms with E-state index in [-0.39, 0.29) is 4.90 Å². The molecule has 27 heavy (non-hydrogen) atoms. The second-order valence-electron chi connectivity index (χ2n) is 5.46. The Kier molecular flexibility index (Phi) is 6.28. The summed E-state index contributed by atoms with van der Waals surface area (Å²) < 4.78 is 26.4. The lowest BCUT2D eigenvalue weighted by Crippen LogP contribution is -2.26. The summed E-state index contributed by atoms with van der Waals surface area (Å²) in [7, 11) is -3.81. The number of benzene rings is 3. The van der Waals surface area contributed by atoms with Crippen molar-refractivity contribution in [1.29, 1.82) is 0 Å². The van der Waals surface area contributed by atoms with Crippen molar-refractivity contribution in [2.24, 2.45) is 0 Å². The van der Waals surface area contributed by atoms with E-state index in [1.54, 1.807) is 78.9 Å². The molecule has 3 nitrogen and oxygen atoms in total. The second-order valence-corrected chi connectivity index (χ2v) is 11.5. The monoisotopic (exact) mass is 457 g/mol. The van der Waals surface area contributed by atoms with Crippen LogP contribution in [0.15, 0.2) is 94.7 Å². The van der Waals surface area contributed by atoms with Crippen LogP contribution in [-0.4, -0.2) is 11.5 Å². The van der Waals surface area contributed by atoms with Gasteiger partial charge in [0.15, 0.2) is 0 Å². The summed E-state index contributed by atoms with van der Waals surface area (Å²) in [5.41, 5.74) is 1.02. The number of alkyl halides is 3. The highest BCUT2D eigenvalue weighted by Gasteiger charge is 2.27. The zero-order valence-corrected chi connectivity index (χ0v) is 17.7. The third-order valence-electron chi connectivity index (χ3n) is 3.58. The number of nitrogens with zero attached hydrogens (tertiary/aromatic N) is 1. The molecule has 3 aromatic rings. The Morgan fingerprint density at radius 3 is 1.70 bits per heavy atom. The highest BCUT2D eigenvalue weighted by molar-refractivity contribution is 8.04. The molecule has 0 unspecified atom stereocenters. The van der Waals surface area contributed by atoms with Crippen LogP contribution in [0.2, 0.25) is 0 Å². The predicted octanol–water partition coefficient (Wildman–Crippen LogP) is 6.63. The van der Waals surface area contributed by atoms with Gasteiger partial charge in [-0.25, -0.2) is 12.7 Å². The Morgan fingerprint density at radius 1 is 0.704 bits per heavy atom. The first-order chi connectivity index (χ1) is 12.8. The molecule has 0 saturated heterocycles. The zero-order valence-electron chi connectivity index (χ0n) is 13.8. The van der Waals surface area contributed by atoms with E-state index in [0.29, 0.717) is 16.3 Å². The molecule has 0 aliphatic rings. The van der Waals surface area contributed by atoms with Crippen molar-refractivity contribution in [2.75, 3.05) is 4.31 Å². The molecule has 0 N–H and O–H groups in total. The molecule has 140 valence electrons. The topological polar surface area (TPSA) is 37.4 Å². The first-order valence-electron chi connectivity index (χ1n) is 7.79. The summed E-state index contributed by atoms with van der Waals surface area (Å²) in [5, 5.41) is 0. The van der Waals surface area contributed by atoms with Gasteiger partial charge in [-0.15, -0.1) is 0 Å². The van der Waals surface area contributed by atoms with Crippen LogP contribution >= 0.6 is 46.6 Å². The van der Waals surface area contributed by atoms with Crippen molar-refractivity contribution < 1.29 is 8.42 Å². The van der Waals surface area contributed by atoms with Gasteiger partial charge in [0.2, 0.25) is 3.12 Å². The van der Waals surface area contributed by atoms with Crippen molar-refractivity contribution in [2.45, 2.75) is 12.9 Å². The number of rotatable bonds is 5. The summed E-state index contributed by atoms with van der Waals surface area (Å²) in [6, 6.07) is 24.0. The summed E-state index contributed by atoms with van der Waals surface area (Å²) in [6.45, 7) is 0. The van der Waals surface area contributed by atoms with E-state index in [4.69, 9.17) is 34.8 Å². The Balaban J connectivity index is 2.07. The molecule has 0 aromatic heterocycles. The predicted molar refractivity (Wildman–Crippen MR) is 115 cm³/mol. The van der Waals surface area contributed by atoms with Crippen LogP contribution in [0.5, 0.6) is 0 Å². The molecule has 0 heterocycles. The summed E-state index contributed by atoms with van der Waals surface area (Å²) in [5.74, 6) is 0. The molecule has 3 aromatic carbocycles. The maximum absolute atomic E-state index is 13.3. The van der Waals surface area contributed by atoms with Gasteiger partial charge in [-0.05, 0) is 48.5 Å². The van der Waals surface area contributed by atoms with Gasteiger partial charge in [0, 0.05) is 4.90 Å². The van der Waals surface area contributed by atoms with E-state index >= 15 is 0 Å². The third kappa shape index (κ3) is 5.12. The van der Waals surface area contributed by atoms with Crippen LogP contribution in [0.4, 0.5) is 11.4 Å². The standard InChI is InChI=1S/C19H14Cl3NO2S2/c20-19(21,22)26-17-13-11-16(12-14-17)23(15-7-3-1-4-8-15)27(24,25)18-9-5-2-6-10-18/h1-14H. The molecule has 0 radical (unpaired) electrons. The summed E-state index contributed by atoms with van der Waals surface area (Å²) >= 11 is 18.5. The van der Waals surface area contributed by atoms with Gasteiger partial charge in [0.1, 0.15) is 0 Å². The van der Waals surface area contributed by atoms with Gasteiger partial charge in [-0.1, -0.05) is 83.0 Å². The maximum atomic E-state index is 13.3. The van der Waals surface area contributed by atoms with Gasteiger partial charge < -0.3 is 0 Å². The van der Waals surface area contributed by atoms with Crippen molar-refractivity contribution in [1.82, 2.24) is 0 Å². The number of hydrogen-bond donors (Lipinski definition) is 0. The van der Waals surface area contributed by atoms with E-state index in [1.807, 2.05) is 6.07 Å². The number of hydrogen-bond acceptors (Lipinski definition) is 3. The molecule has 0 bridgehead atoms. The molecular formula is C19H14Cl3NO2S2. The van der Waals surface area contributed by atoms with Gasteiger partial charge in [-0.2, -0.15) is 0 Å². The fraction of sp³-hybridized carbons (Fsp3) is 0.0526. The first-order valence-corrected chi connectivity index (χ1v) is 11.2. The minimum atomic E-state index is -3.81. The van der Waals surface area contributed by atoms with Crippen molar-refractivity contribution >= 4 is 68.0 Å². The lowest BCUT2D eigenvalue weighted by Gasteiger charge is -2.25. The molecule has 0 aliphatic carbocycles. The van der Waals surface area contributed by atoms with E-state index in [9.17, 15) is 8.42 Å². The Morgan fingerprint density at radius 2 is 1.19 bits per heavy atom. The Labute approximate surface area is 177 Å². The molecule has 0 saturated carbocycles. The number of thioether (sulfide) groups is 1. The van der Waals surface area contributed by atoms with Crippen LogP contribution in [0.25, 0.3) is 0 Å². The molecule has 3 rings (SSSR count). The number of sulfonamides is 1. The van der Waals surface area contributed by atoms with E-state index < -0.39 is 13.1 Å². The van der Waals surface area contributed by atoms with E-state index in [1.165, 1.54) is 4.31 Å². The highest BCUT2D eigenvalue weighted by atomic mass is 35.6. The maximum Gasteiger partial charge on any atom is 0.268 e. The largest absolute Gasteiger partial charge is 0.268 e. The molecule has 0 amide bonds. The van der Waals surface area contributed by atoms with Crippen molar-refractivity contribution in [3.63, 3.8) is 0 Å². The lowest BCUT2D eigenvalue weighted by atomic mass is 10.3. The van der Waals surface area contributed by atoms with Crippen LogP contribution in [0.1, 0.15) is 0 Å². The average Bonchev–Trinajstić information content (AvgIpc) is 2.64. The van der Waals surface area contributed by atoms with E-state index in [2.05, 4.69) is 0 Å². The summed E-state index contributed by atoms with van der Waals surface area (Å²) in [4.78, 5) is 0.914. The smallest absolute Gasteiger partial charge is 0.235 e. The number of para-hydroxylation sites is 1. The molecule has 0 fully saturated rings. The van der Waals surface area contributed by atoms with Gasteiger partial charge in [-0.3, -0.25) is 0 Å². The number of halogens is 3. The van der Waals surface area contributed by atoms with Crippen molar-refractivity contribution in [3.8, 4) is 0 Å². The van der Waals surface area contributed by atoms with Gasteiger partial charge >= 0.3 is 0 Å². The van der Waals surface area contributed by atoms with Crippen molar-refractivity contribution in [3.05, 3.63) is 84.9 Å². The molecule has 8 heteroatoms. The normalized spacial score (nSPS) is 12.0. The molecule has 0 atom stereocenters. The fourth-order valence-corrected chi connectivity index (χ4v) is 5.32. The SMILES string of the molecule is O=S(=O)(c1ccccc1)N(c1ccccc1)c1ccc(SC(Cl)(Cl)Cl)cc1. The van der Waals surface area contributed by atoms with Crippen LogP contribution in [0.3, 0.4) is 0 Å². The second kappa shape index (κ2) is 8.33. The van der Waals surface area contributed by atoms with Gasteiger partial charge in [0.05, 0.1) is 16.3 Å². The van der Waals surface area contributed by atoms with Gasteiger partial charge in [0.25, 0.3) is 10.0 Å². The van der Waals surface area contributed by atoms with Crippen LogP contribution < -0.4 is 4.31 Å². The number of anilines is 2. The van der Waals surface area contributed by atoms with E-state index in [0.717, 1.165) is 11.8 Å². The molecular weight excluding hydrogens is 445 g/mol. The van der Waals surface area contributed by atoms with Crippen LogP contribution in [-0.2, 0) is 10.0 Å². The average molecular weight is 459 g/mol. The molecule has 0 spiro atoms. The quantitative estimate of drug-likeness (QED) is 0.318. The minimum Gasteiger partial charge on any atom is -0.235 e. The van der Waals surface area contributed by atoms with Crippen LogP contribution in [0, 0.1) is 0 Å². The summed E-state index contributed by atoms with van der Waals surface area (Å²) in [6.07, 6.45) is 0. The lowest BCUT2D eigenvalue weighted by molar-refractivity contribution is 0.596. The third-order valence-corrected chi connectivity index (χ3v) is 6.78. The first kappa shape index (κ1) is 20.4. The Hall–Kier alpha value is -1.37. The highest BCUT2D eigenvalue weighted by Crippen LogP contribution is 2.44. The fourth-order valence-electron chi connectivity index (χ4n) is 2.47. The molecule has 0 aliphatic heterocycles.